The van der Waals surface area contributed by atoms with E-state index in [4.69, 9.17) is 5.11 Å². The summed E-state index contributed by atoms with van der Waals surface area (Å²) in [7, 11) is 0. The minimum Gasteiger partial charge on any atom is -0.481 e. The van der Waals surface area contributed by atoms with Gasteiger partial charge in [0.1, 0.15) is 0 Å². The molecule has 1 aromatic heterocycles. The van der Waals surface area contributed by atoms with Crippen LogP contribution in [0.2, 0.25) is 0 Å². The molecule has 0 fully saturated rings. The van der Waals surface area contributed by atoms with Crippen molar-refractivity contribution in [1.29, 1.82) is 0 Å². The minimum atomic E-state index is -0.893. The van der Waals surface area contributed by atoms with E-state index in [1.165, 1.54) is 16.7 Å². The van der Waals surface area contributed by atoms with Crippen LogP contribution in [0.4, 0.5) is 0 Å². The molecule has 3 rings (SSSR count). The van der Waals surface area contributed by atoms with Gasteiger partial charge in [0.05, 0.1) is 12.0 Å². The van der Waals surface area contributed by atoms with E-state index in [0.717, 1.165) is 29.5 Å². The highest BCUT2D eigenvalue weighted by Crippen LogP contribution is 2.41. The van der Waals surface area contributed by atoms with Crippen molar-refractivity contribution in [1.82, 2.24) is 9.97 Å². The smallest absolute Gasteiger partial charge is 0.307 e. The molecular weight excluding hydrogens is 460 g/mol. The van der Waals surface area contributed by atoms with E-state index in [2.05, 4.69) is 74.1 Å². The molecule has 37 heavy (non-hydrogen) atoms. The van der Waals surface area contributed by atoms with Crippen LogP contribution >= 0.6 is 0 Å². The predicted molar refractivity (Wildman–Crippen MR) is 151 cm³/mol. The fourth-order valence-electron chi connectivity index (χ4n) is 5.10. The summed E-state index contributed by atoms with van der Waals surface area (Å²) < 4.78 is 0. The lowest BCUT2D eigenvalue weighted by Crippen LogP contribution is -2.26. The fraction of sp³-hybridized carbons (Fsp3) is 0.406. The quantitative estimate of drug-likeness (QED) is 0.294. The molecule has 0 amide bonds. The topological polar surface area (TPSA) is 83.3 Å². The first-order chi connectivity index (χ1) is 17.6. The standard InChI is InChI=1S/C32H40N2O3/c1-7-31(37,8-2)16-15-25-11-12-26(17-22(25)5)32(9-3,10-4)27-13-14-28(23(6)18-27)30-33-20-24(21-34-30)19-29(35)36/h11-18,20-21,37H,7-10,19H2,1-6H3,(H,35,36). The third-order valence-corrected chi connectivity index (χ3v) is 7.91. The van der Waals surface area contributed by atoms with Crippen molar-refractivity contribution in [2.45, 2.75) is 84.7 Å². The molecule has 0 bridgehead atoms. The Kier molecular flexibility index (Phi) is 9.03. The molecule has 0 aliphatic carbocycles. The molecule has 2 N–H and O–H groups in total. The van der Waals surface area contributed by atoms with Gasteiger partial charge in [-0.2, -0.15) is 0 Å². The summed E-state index contributed by atoms with van der Waals surface area (Å²) in [5.41, 5.74) is 6.59. The maximum absolute atomic E-state index is 11.0. The van der Waals surface area contributed by atoms with Crippen molar-refractivity contribution in [2.75, 3.05) is 0 Å². The number of hydrogen-bond donors (Lipinski definition) is 2. The first-order valence-electron chi connectivity index (χ1n) is 13.3. The molecule has 2 aromatic carbocycles. The van der Waals surface area contributed by atoms with Crippen LogP contribution in [-0.4, -0.2) is 31.8 Å². The van der Waals surface area contributed by atoms with Gasteiger partial charge in [0.2, 0.25) is 0 Å². The summed E-state index contributed by atoms with van der Waals surface area (Å²) in [6, 6.07) is 13.2. The third-order valence-electron chi connectivity index (χ3n) is 7.91. The second-order valence-corrected chi connectivity index (χ2v) is 10.0. The van der Waals surface area contributed by atoms with E-state index >= 15 is 0 Å². The van der Waals surface area contributed by atoms with Crippen LogP contribution in [0.5, 0.6) is 0 Å². The van der Waals surface area contributed by atoms with Crippen molar-refractivity contribution in [2.24, 2.45) is 0 Å². The molecule has 0 radical (unpaired) electrons. The molecule has 0 atom stereocenters. The van der Waals surface area contributed by atoms with Crippen molar-refractivity contribution >= 4 is 12.0 Å². The van der Waals surface area contributed by atoms with Gasteiger partial charge in [0, 0.05) is 23.4 Å². The van der Waals surface area contributed by atoms with E-state index in [0.29, 0.717) is 24.2 Å². The lowest BCUT2D eigenvalue weighted by Gasteiger charge is -2.34. The number of carbonyl (C=O) groups is 1. The molecule has 0 saturated carbocycles. The summed E-state index contributed by atoms with van der Waals surface area (Å²) in [6.07, 6.45) is 10.4. The number of benzene rings is 2. The highest BCUT2D eigenvalue weighted by molar-refractivity contribution is 5.70. The summed E-state index contributed by atoms with van der Waals surface area (Å²) in [5, 5.41) is 19.6. The summed E-state index contributed by atoms with van der Waals surface area (Å²) >= 11 is 0. The van der Waals surface area contributed by atoms with Gasteiger partial charge in [-0.25, -0.2) is 9.97 Å². The average Bonchev–Trinajstić information content (AvgIpc) is 2.89. The highest BCUT2D eigenvalue weighted by atomic mass is 16.4. The van der Waals surface area contributed by atoms with Gasteiger partial charge in [-0.15, -0.1) is 0 Å². The van der Waals surface area contributed by atoms with Crippen LogP contribution in [0.25, 0.3) is 17.5 Å². The van der Waals surface area contributed by atoms with Crippen LogP contribution in [0.1, 0.15) is 86.8 Å². The number of rotatable bonds is 11. The second kappa shape index (κ2) is 11.8. The molecule has 0 saturated heterocycles. The number of aryl methyl sites for hydroxylation is 2. The lowest BCUT2D eigenvalue weighted by atomic mass is 9.69. The highest BCUT2D eigenvalue weighted by Gasteiger charge is 2.31. The first kappa shape index (κ1) is 28.3. The van der Waals surface area contributed by atoms with Crippen LogP contribution in [0.15, 0.2) is 54.9 Å². The number of nitrogens with zero attached hydrogens (tertiary/aromatic N) is 2. The number of hydrogen-bond acceptors (Lipinski definition) is 4. The minimum absolute atomic E-state index is 0.0835. The Morgan fingerprint density at radius 1 is 0.865 bits per heavy atom. The van der Waals surface area contributed by atoms with E-state index < -0.39 is 11.6 Å². The molecule has 0 unspecified atom stereocenters. The van der Waals surface area contributed by atoms with Gasteiger partial charge in [0.15, 0.2) is 5.82 Å². The molecule has 196 valence electrons. The number of aliphatic hydroxyl groups is 1. The zero-order chi connectivity index (χ0) is 27.2. The van der Waals surface area contributed by atoms with Gasteiger partial charge >= 0.3 is 5.97 Å². The molecule has 5 heteroatoms. The molecule has 3 aromatic rings. The first-order valence-corrected chi connectivity index (χ1v) is 13.3. The van der Waals surface area contributed by atoms with Gasteiger partial charge in [-0.05, 0) is 72.9 Å². The largest absolute Gasteiger partial charge is 0.481 e. The predicted octanol–water partition coefficient (Wildman–Crippen LogP) is 7.06. The van der Waals surface area contributed by atoms with Gasteiger partial charge < -0.3 is 10.2 Å². The van der Waals surface area contributed by atoms with E-state index in [-0.39, 0.29) is 11.8 Å². The summed E-state index contributed by atoms with van der Waals surface area (Å²) in [5.74, 6) is -0.294. The van der Waals surface area contributed by atoms with Crippen LogP contribution in [0.3, 0.4) is 0 Å². The van der Waals surface area contributed by atoms with Gasteiger partial charge in [0.25, 0.3) is 0 Å². The number of carboxylic acid groups (broad SMARTS) is 1. The SMILES string of the molecule is CCC(O)(C=Cc1ccc(C(CC)(CC)c2ccc(-c3ncc(CC(=O)O)cn3)c(C)c2)cc1C)CC. The average molecular weight is 501 g/mol. The Morgan fingerprint density at radius 2 is 1.43 bits per heavy atom. The van der Waals surface area contributed by atoms with Crippen molar-refractivity contribution in [3.8, 4) is 11.4 Å². The molecule has 5 nitrogen and oxygen atoms in total. The van der Waals surface area contributed by atoms with Gasteiger partial charge in [-0.1, -0.05) is 76.2 Å². The Labute approximate surface area is 221 Å². The Hall–Kier alpha value is -3.31. The van der Waals surface area contributed by atoms with E-state index in [1.807, 2.05) is 26.0 Å². The Bertz CT molecular complexity index is 1250. The normalized spacial score (nSPS) is 12.3. The molecular formula is C32H40N2O3. The monoisotopic (exact) mass is 500 g/mol. The number of aliphatic carboxylic acids is 1. The maximum atomic E-state index is 11.0. The fourth-order valence-corrected chi connectivity index (χ4v) is 5.10. The zero-order valence-corrected chi connectivity index (χ0v) is 23.0. The van der Waals surface area contributed by atoms with Crippen molar-refractivity contribution in [3.63, 3.8) is 0 Å². The molecule has 0 aliphatic rings. The Balaban J connectivity index is 1.96. The molecule has 0 aliphatic heterocycles. The molecule has 0 spiro atoms. The molecule has 1 heterocycles. The zero-order valence-electron chi connectivity index (χ0n) is 23.0. The van der Waals surface area contributed by atoms with Crippen molar-refractivity contribution < 1.29 is 15.0 Å². The van der Waals surface area contributed by atoms with Crippen LogP contribution in [0, 0.1) is 13.8 Å². The lowest BCUT2D eigenvalue weighted by molar-refractivity contribution is -0.136. The number of carboxylic acids is 1. The Morgan fingerprint density at radius 3 is 1.92 bits per heavy atom. The second-order valence-electron chi connectivity index (χ2n) is 10.0. The van der Waals surface area contributed by atoms with Gasteiger partial charge in [-0.3, -0.25) is 4.79 Å². The third kappa shape index (κ3) is 6.16. The van der Waals surface area contributed by atoms with Crippen molar-refractivity contribution in [3.05, 3.63) is 88.2 Å². The van der Waals surface area contributed by atoms with E-state index in [1.54, 1.807) is 12.4 Å². The van der Waals surface area contributed by atoms with Crippen LogP contribution < -0.4 is 0 Å². The summed E-state index contributed by atoms with van der Waals surface area (Å²) in [4.78, 5) is 19.8. The number of aromatic nitrogens is 2. The van der Waals surface area contributed by atoms with E-state index in [9.17, 15) is 9.90 Å². The maximum Gasteiger partial charge on any atom is 0.307 e. The summed E-state index contributed by atoms with van der Waals surface area (Å²) in [6.45, 7) is 12.7. The van der Waals surface area contributed by atoms with Crippen LogP contribution in [-0.2, 0) is 16.6 Å².